The Balaban J connectivity index is 1.34. The molecule has 1 unspecified atom stereocenters. The summed E-state index contributed by atoms with van der Waals surface area (Å²) in [6.07, 6.45) is 2.01. The Morgan fingerprint density at radius 2 is 1.84 bits per heavy atom. The molecule has 31 heavy (non-hydrogen) atoms. The Morgan fingerprint density at radius 1 is 1.10 bits per heavy atom. The van der Waals surface area contributed by atoms with Gasteiger partial charge in [-0.1, -0.05) is 30.3 Å². The van der Waals surface area contributed by atoms with Crippen LogP contribution in [0.25, 0.3) is 11.0 Å². The van der Waals surface area contributed by atoms with Crippen LogP contribution in [0.15, 0.2) is 59.5 Å². The number of hydrogen-bond acceptors (Lipinski definition) is 5. The van der Waals surface area contributed by atoms with E-state index >= 15 is 0 Å². The van der Waals surface area contributed by atoms with Gasteiger partial charge in [0.05, 0.1) is 28.2 Å². The molecule has 2 heterocycles. The van der Waals surface area contributed by atoms with Crippen molar-refractivity contribution in [1.82, 2.24) is 19.8 Å². The summed E-state index contributed by atoms with van der Waals surface area (Å²) in [6.45, 7) is 1.48. The molecule has 1 aliphatic rings. The average Bonchev–Trinajstić information content (AvgIpc) is 3.08. The van der Waals surface area contributed by atoms with Gasteiger partial charge in [-0.15, -0.1) is 0 Å². The number of nitrogens with one attached hydrogen (secondary N) is 1. The molecule has 0 bridgehead atoms. The van der Waals surface area contributed by atoms with Crippen molar-refractivity contribution >= 4 is 26.8 Å². The maximum atomic E-state index is 12.6. The number of amides is 1. The van der Waals surface area contributed by atoms with Gasteiger partial charge in [0.25, 0.3) is 0 Å². The fourth-order valence-electron chi connectivity index (χ4n) is 4.12. The molecule has 4 rings (SSSR count). The zero-order valence-corrected chi connectivity index (χ0v) is 18.5. The monoisotopic (exact) mass is 440 g/mol. The highest BCUT2D eigenvalue weighted by Gasteiger charge is 2.26. The van der Waals surface area contributed by atoms with Gasteiger partial charge in [-0.05, 0) is 44.2 Å². The van der Waals surface area contributed by atoms with E-state index in [-0.39, 0.29) is 24.2 Å². The van der Waals surface area contributed by atoms with Crippen molar-refractivity contribution in [3.63, 3.8) is 0 Å². The van der Waals surface area contributed by atoms with Gasteiger partial charge >= 0.3 is 0 Å². The summed E-state index contributed by atoms with van der Waals surface area (Å²) >= 11 is 0. The van der Waals surface area contributed by atoms with E-state index in [0.717, 1.165) is 29.7 Å². The molecule has 1 N–H and O–H groups in total. The quantitative estimate of drug-likeness (QED) is 0.611. The van der Waals surface area contributed by atoms with Crippen molar-refractivity contribution in [3.8, 4) is 0 Å². The maximum absolute atomic E-state index is 12.6. The van der Waals surface area contributed by atoms with Crippen LogP contribution in [0.3, 0.4) is 0 Å². The number of nitrogens with zero attached hydrogens (tertiary/aromatic N) is 3. The van der Waals surface area contributed by atoms with Crippen LogP contribution in [0.4, 0.5) is 0 Å². The normalized spacial score (nSPS) is 17.9. The van der Waals surface area contributed by atoms with Crippen LogP contribution in [0.5, 0.6) is 0 Å². The first-order chi connectivity index (χ1) is 14.9. The number of para-hydroxylation sites is 2. The van der Waals surface area contributed by atoms with Crippen LogP contribution < -0.4 is 0 Å². The molecular weight excluding hydrogens is 412 g/mol. The highest BCUT2D eigenvalue weighted by molar-refractivity contribution is 7.91. The van der Waals surface area contributed by atoms with Gasteiger partial charge < -0.3 is 9.88 Å². The summed E-state index contributed by atoms with van der Waals surface area (Å²) in [6, 6.07) is 16.6. The van der Waals surface area contributed by atoms with Crippen molar-refractivity contribution in [2.75, 3.05) is 25.9 Å². The van der Waals surface area contributed by atoms with Crippen molar-refractivity contribution in [2.45, 2.75) is 36.7 Å². The van der Waals surface area contributed by atoms with Crippen molar-refractivity contribution in [1.29, 1.82) is 0 Å². The number of hydrogen-bond donors (Lipinski definition) is 1. The summed E-state index contributed by atoms with van der Waals surface area (Å²) < 4.78 is 25.1. The van der Waals surface area contributed by atoms with E-state index in [9.17, 15) is 13.2 Å². The largest absolute Gasteiger partial charge is 0.342 e. The summed E-state index contributed by atoms with van der Waals surface area (Å²) in [5.41, 5.74) is 1.97. The lowest BCUT2D eigenvalue weighted by atomic mass is 10.1. The molecule has 1 saturated heterocycles. The Morgan fingerprint density at radius 3 is 2.61 bits per heavy atom. The molecule has 0 radical (unpaired) electrons. The molecule has 0 saturated carbocycles. The Kier molecular flexibility index (Phi) is 6.38. The third-order valence-corrected chi connectivity index (χ3v) is 7.68. The Hall–Kier alpha value is -2.71. The molecule has 7 nitrogen and oxygen atoms in total. The lowest BCUT2D eigenvalue weighted by Crippen LogP contribution is -2.36. The number of aromatic amines is 1. The van der Waals surface area contributed by atoms with Gasteiger partial charge in [-0.25, -0.2) is 13.4 Å². The fourth-order valence-corrected chi connectivity index (χ4v) is 5.39. The number of carbonyl (C=O) groups is 1. The third kappa shape index (κ3) is 5.14. The number of fused-ring (bicyclic) bond motifs is 1. The SMILES string of the molecule is CN(Cc1nc2ccccc2[nH]1)C1CCC(=O)N(CCS(=O)(=O)c2ccccc2)CC1. The van der Waals surface area contributed by atoms with Crippen molar-refractivity contribution < 1.29 is 13.2 Å². The molecule has 1 atom stereocenters. The zero-order valence-electron chi connectivity index (χ0n) is 17.7. The summed E-state index contributed by atoms with van der Waals surface area (Å²) in [4.78, 5) is 24.8. The second-order valence-electron chi connectivity index (χ2n) is 8.11. The smallest absolute Gasteiger partial charge is 0.222 e. The first kappa shape index (κ1) is 21.5. The molecule has 164 valence electrons. The summed E-state index contributed by atoms with van der Waals surface area (Å²) in [7, 11) is -1.34. The fraction of sp³-hybridized carbons (Fsp3) is 0.391. The lowest BCUT2D eigenvalue weighted by molar-refractivity contribution is -0.130. The van der Waals surface area contributed by atoms with Gasteiger partial charge in [0.2, 0.25) is 5.91 Å². The Labute approximate surface area is 183 Å². The number of likely N-dealkylation sites (tertiary alicyclic amines) is 1. The number of rotatable bonds is 7. The number of H-pyrrole nitrogens is 1. The van der Waals surface area contributed by atoms with Crippen molar-refractivity contribution in [3.05, 3.63) is 60.4 Å². The van der Waals surface area contributed by atoms with E-state index < -0.39 is 9.84 Å². The predicted molar refractivity (Wildman–Crippen MR) is 120 cm³/mol. The van der Waals surface area contributed by atoms with Crippen LogP contribution in [0.1, 0.15) is 25.1 Å². The molecule has 3 aromatic rings. The third-order valence-electron chi connectivity index (χ3n) is 5.97. The van der Waals surface area contributed by atoms with Crippen LogP contribution in [-0.2, 0) is 21.2 Å². The Bertz CT molecular complexity index is 1110. The second-order valence-corrected chi connectivity index (χ2v) is 10.2. The van der Waals surface area contributed by atoms with Gasteiger partial charge in [-0.2, -0.15) is 0 Å². The minimum atomic E-state index is -3.40. The molecular formula is C23H28N4O3S. The molecule has 1 fully saturated rings. The van der Waals surface area contributed by atoms with E-state index in [0.29, 0.717) is 24.4 Å². The number of benzene rings is 2. The highest BCUT2D eigenvalue weighted by atomic mass is 32.2. The molecule has 2 aromatic carbocycles. The van der Waals surface area contributed by atoms with Gasteiger partial charge in [-0.3, -0.25) is 9.69 Å². The molecule has 8 heteroatoms. The molecule has 1 aliphatic heterocycles. The zero-order chi connectivity index (χ0) is 21.8. The summed E-state index contributed by atoms with van der Waals surface area (Å²) in [5, 5.41) is 0. The number of imidazole rings is 1. The van der Waals surface area contributed by atoms with Crippen LogP contribution in [0, 0.1) is 0 Å². The van der Waals surface area contributed by atoms with Crippen LogP contribution in [-0.4, -0.2) is 66.0 Å². The van der Waals surface area contributed by atoms with E-state index in [2.05, 4.69) is 21.9 Å². The second kappa shape index (κ2) is 9.20. The predicted octanol–water partition coefficient (Wildman–Crippen LogP) is 2.85. The summed E-state index contributed by atoms with van der Waals surface area (Å²) in [5.74, 6) is 0.885. The standard InChI is InChI=1S/C23H28N4O3S/c1-26(17-22-24-20-9-5-6-10-21(20)25-22)18-11-12-23(28)27(14-13-18)15-16-31(29,30)19-7-3-2-4-8-19/h2-10,18H,11-17H2,1H3,(H,24,25). The highest BCUT2D eigenvalue weighted by Crippen LogP contribution is 2.20. The van der Waals surface area contributed by atoms with E-state index in [4.69, 9.17) is 0 Å². The first-order valence-corrected chi connectivity index (χ1v) is 12.3. The molecule has 0 aliphatic carbocycles. The minimum Gasteiger partial charge on any atom is -0.342 e. The van der Waals surface area contributed by atoms with Crippen LogP contribution >= 0.6 is 0 Å². The van der Waals surface area contributed by atoms with E-state index in [1.807, 2.05) is 24.3 Å². The number of aromatic nitrogens is 2. The van der Waals surface area contributed by atoms with E-state index in [1.54, 1.807) is 35.2 Å². The van der Waals surface area contributed by atoms with Crippen LogP contribution in [0.2, 0.25) is 0 Å². The van der Waals surface area contributed by atoms with Gasteiger partial charge in [0, 0.05) is 25.6 Å². The average molecular weight is 441 g/mol. The first-order valence-electron chi connectivity index (χ1n) is 10.6. The van der Waals surface area contributed by atoms with E-state index in [1.165, 1.54) is 0 Å². The molecule has 0 spiro atoms. The topological polar surface area (TPSA) is 86.4 Å². The lowest BCUT2D eigenvalue weighted by Gasteiger charge is -2.26. The molecule has 1 aromatic heterocycles. The van der Waals surface area contributed by atoms with Crippen molar-refractivity contribution in [2.24, 2.45) is 0 Å². The number of sulfone groups is 1. The number of carbonyl (C=O) groups excluding carboxylic acids is 1. The minimum absolute atomic E-state index is 0.0305. The van der Waals surface area contributed by atoms with Gasteiger partial charge in [0.15, 0.2) is 9.84 Å². The van der Waals surface area contributed by atoms with Gasteiger partial charge in [0.1, 0.15) is 5.82 Å². The molecule has 1 amide bonds. The maximum Gasteiger partial charge on any atom is 0.222 e.